The standard InChI is InChI=1S/C9H16N4O/c10-9(4-13-7-11-6-12-13)8-2-1-3-14-5-8/h6-9H,1-5,10H2. The number of aromatic nitrogens is 3. The lowest BCUT2D eigenvalue weighted by molar-refractivity contribution is 0.0422. The SMILES string of the molecule is NC(Cn1cncn1)C1CCCOC1. The molecule has 5 nitrogen and oxygen atoms in total. The molecule has 0 spiro atoms. The number of ether oxygens (including phenoxy) is 1. The molecule has 2 rings (SSSR count). The van der Waals surface area contributed by atoms with E-state index in [0.29, 0.717) is 5.92 Å². The Bertz CT molecular complexity index is 256. The van der Waals surface area contributed by atoms with Crippen molar-refractivity contribution in [1.29, 1.82) is 0 Å². The molecule has 0 amide bonds. The molecule has 1 fully saturated rings. The van der Waals surface area contributed by atoms with E-state index in [1.807, 2.05) is 0 Å². The summed E-state index contributed by atoms with van der Waals surface area (Å²) in [7, 11) is 0. The average molecular weight is 196 g/mol. The Kier molecular flexibility index (Phi) is 3.10. The van der Waals surface area contributed by atoms with Crippen molar-refractivity contribution in [3.05, 3.63) is 12.7 Å². The molecule has 2 unspecified atom stereocenters. The first kappa shape index (κ1) is 9.61. The van der Waals surface area contributed by atoms with Gasteiger partial charge in [-0.05, 0) is 18.8 Å². The molecule has 0 saturated carbocycles. The van der Waals surface area contributed by atoms with Crippen LogP contribution < -0.4 is 5.73 Å². The molecule has 0 aromatic carbocycles. The van der Waals surface area contributed by atoms with E-state index in [2.05, 4.69) is 10.1 Å². The molecule has 2 N–H and O–H groups in total. The van der Waals surface area contributed by atoms with Crippen LogP contribution in [0.3, 0.4) is 0 Å². The fraction of sp³-hybridized carbons (Fsp3) is 0.778. The lowest BCUT2D eigenvalue weighted by Crippen LogP contribution is -2.39. The minimum atomic E-state index is 0.122. The normalized spacial score (nSPS) is 24.8. The summed E-state index contributed by atoms with van der Waals surface area (Å²) in [5.74, 6) is 0.466. The van der Waals surface area contributed by atoms with Crippen LogP contribution in [0.2, 0.25) is 0 Å². The molecule has 1 aromatic heterocycles. The van der Waals surface area contributed by atoms with Crippen molar-refractivity contribution in [2.75, 3.05) is 13.2 Å². The van der Waals surface area contributed by atoms with Crippen LogP contribution in [0.5, 0.6) is 0 Å². The van der Waals surface area contributed by atoms with E-state index >= 15 is 0 Å². The quantitative estimate of drug-likeness (QED) is 0.740. The summed E-state index contributed by atoms with van der Waals surface area (Å²) >= 11 is 0. The maximum absolute atomic E-state index is 6.07. The maximum atomic E-state index is 6.07. The fourth-order valence-corrected chi connectivity index (χ4v) is 1.80. The Hall–Kier alpha value is -0.940. The monoisotopic (exact) mass is 196 g/mol. The van der Waals surface area contributed by atoms with Crippen LogP contribution in [0.15, 0.2) is 12.7 Å². The molecule has 1 aromatic rings. The molecule has 0 radical (unpaired) electrons. The number of rotatable bonds is 3. The summed E-state index contributed by atoms with van der Waals surface area (Å²) in [5, 5.41) is 4.04. The Labute approximate surface area is 83.3 Å². The van der Waals surface area contributed by atoms with E-state index in [1.165, 1.54) is 6.33 Å². The fourth-order valence-electron chi connectivity index (χ4n) is 1.80. The van der Waals surface area contributed by atoms with Gasteiger partial charge in [0, 0.05) is 12.6 Å². The molecule has 2 heterocycles. The Morgan fingerprint density at radius 2 is 2.57 bits per heavy atom. The van der Waals surface area contributed by atoms with Gasteiger partial charge in [0.1, 0.15) is 12.7 Å². The first-order valence-electron chi connectivity index (χ1n) is 5.02. The summed E-state index contributed by atoms with van der Waals surface area (Å²) in [4.78, 5) is 3.89. The molecule has 2 atom stereocenters. The molecule has 1 saturated heterocycles. The molecule has 5 heteroatoms. The summed E-state index contributed by atoms with van der Waals surface area (Å²) in [6, 6.07) is 0.122. The second-order valence-electron chi connectivity index (χ2n) is 3.76. The van der Waals surface area contributed by atoms with Gasteiger partial charge in [-0.25, -0.2) is 4.98 Å². The minimum Gasteiger partial charge on any atom is -0.381 e. The van der Waals surface area contributed by atoms with Gasteiger partial charge in [0.15, 0.2) is 0 Å². The van der Waals surface area contributed by atoms with Gasteiger partial charge in [-0.3, -0.25) is 4.68 Å². The Balaban J connectivity index is 1.85. The van der Waals surface area contributed by atoms with Crippen LogP contribution in [-0.4, -0.2) is 34.0 Å². The van der Waals surface area contributed by atoms with E-state index in [0.717, 1.165) is 32.6 Å². The predicted octanol–water partition coefficient (Wildman–Crippen LogP) is 0.0320. The third-order valence-corrected chi connectivity index (χ3v) is 2.67. The van der Waals surface area contributed by atoms with Crippen LogP contribution in [0.25, 0.3) is 0 Å². The largest absolute Gasteiger partial charge is 0.381 e. The van der Waals surface area contributed by atoms with E-state index in [9.17, 15) is 0 Å². The van der Waals surface area contributed by atoms with Gasteiger partial charge < -0.3 is 10.5 Å². The topological polar surface area (TPSA) is 66.0 Å². The van der Waals surface area contributed by atoms with Crippen LogP contribution in [0.4, 0.5) is 0 Å². The van der Waals surface area contributed by atoms with Crippen molar-refractivity contribution in [2.24, 2.45) is 11.7 Å². The van der Waals surface area contributed by atoms with Gasteiger partial charge in [0.2, 0.25) is 0 Å². The van der Waals surface area contributed by atoms with Gasteiger partial charge in [0.05, 0.1) is 13.2 Å². The van der Waals surface area contributed by atoms with Gasteiger partial charge in [-0.2, -0.15) is 5.10 Å². The molecule has 1 aliphatic heterocycles. The predicted molar refractivity (Wildman–Crippen MR) is 51.5 cm³/mol. The number of hydrogen-bond donors (Lipinski definition) is 1. The zero-order valence-electron chi connectivity index (χ0n) is 8.17. The highest BCUT2D eigenvalue weighted by Gasteiger charge is 2.21. The Morgan fingerprint density at radius 3 is 3.21 bits per heavy atom. The Morgan fingerprint density at radius 1 is 1.64 bits per heavy atom. The molecular formula is C9H16N4O. The van der Waals surface area contributed by atoms with E-state index in [4.69, 9.17) is 10.5 Å². The van der Waals surface area contributed by atoms with Crippen molar-refractivity contribution < 1.29 is 4.74 Å². The molecule has 0 bridgehead atoms. The minimum absolute atomic E-state index is 0.122. The highest BCUT2D eigenvalue weighted by atomic mass is 16.5. The zero-order chi connectivity index (χ0) is 9.80. The summed E-state index contributed by atoms with van der Waals surface area (Å²) in [6.45, 7) is 2.40. The van der Waals surface area contributed by atoms with Crippen LogP contribution in [0, 0.1) is 5.92 Å². The van der Waals surface area contributed by atoms with Crippen LogP contribution in [-0.2, 0) is 11.3 Å². The zero-order valence-corrected chi connectivity index (χ0v) is 8.17. The molecule has 0 aliphatic carbocycles. The van der Waals surface area contributed by atoms with Gasteiger partial charge in [0.25, 0.3) is 0 Å². The van der Waals surface area contributed by atoms with Crippen LogP contribution >= 0.6 is 0 Å². The maximum Gasteiger partial charge on any atom is 0.137 e. The first-order chi connectivity index (χ1) is 6.86. The second kappa shape index (κ2) is 4.52. The van der Waals surface area contributed by atoms with E-state index in [-0.39, 0.29) is 6.04 Å². The molecule has 14 heavy (non-hydrogen) atoms. The van der Waals surface area contributed by atoms with Crippen molar-refractivity contribution in [3.63, 3.8) is 0 Å². The molecule has 1 aliphatic rings. The third-order valence-electron chi connectivity index (χ3n) is 2.67. The first-order valence-corrected chi connectivity index (χ1v) is 5.02. The van der Waals surface area contributed by atoms with Gasteiger partial charge in [-0.1, -0.05) is 0 Å². The lowest BCUT2D eigenvalue weighted by atomic mass is 9.94. The number of hydrogen-bond acceptors (Lipinski definition) is 4. The molecule has 78 valence electrons. The van der Waals surface area contributed by atoms with Gasteiger partial charge in [-0.15, -0.1) is 0 Å². The second-order valence-corrected chi connectivity index (χ2v) is 3.76. The highest BCUT2D eigenvalue weighted by Crippen LogP contribution is 2.16. The number of nitrogens with two attached hydrogens (primary N) is 1. The molecular weight excluding hydrogens is 180 g/mol. The summed E-state index contributed by atoms with van der Waals surface area (Å²) in [5.41, 5.74) is 6.07. The lowest BCUT2D eigenvalue weighted by Gasteiger charge is -2.27. The summed E-state index contributed by atoms with van der Waals surface area (Å²) in [6.07, 6.45) is 5.51. The van der Waals surface area contributed by atoms with Crippen molar-refractivity contribution in [3.8, 4) is 0 Å². The smallest absolute Gasteiger partial charge is 0.137 e. The summed E-state index contributed by atoms with van der Waals surface area (Å²) < 4.78 is 7.17. The average Bonchev–Trinajstić information content (AvgIpc) is 2.72. The number of nitrogens with zero attached hydrogens (tertiary/aromatic N) is 3. The third kappa shape index (κ3) is 2.30. The van der Waals surface area contributed by atoms with Crippen LogP contribution in [0.1, 0.15) is 12.8 Å². The van der Waals surface area contributed by atoms with E-state index in [1.54, 1.807) is 11.0 Å². The van der Waals surface area contributed by atoms with Crippen molar-refractivity contribution in [2.45, 2.75) is 25.4 Å². The van der Waals surface area contributed by atoms with E-state index < -0.39 is 0 Å². The highest BCUT2D eigenvalue weighted by molar-refractivity contribution is 4.75. The van der Waals surface area contributed by atoms with Crippen molar-refractivity contribution >= 4 is 0 Å². The van der Waals surface area contributed by atoms with Gasteiger partial charge >= 0.3 is 0 Å². The van der Waals surface area contributed by atoms with Crippen molar-refractivity contribution in [1.82, 2.24) is 14.8 Å².